The normalized spacial score (nSPS) is 11.1. The Bertz CT molecular complexity index is 427. The Balaban J connectivity index is -0.000000910. The van der Waals surface area contributed by atoms with Gasteiger partial charge in [-0.25, -0.2) is 13.3 Å². The zero-order valence-electron chi connectivity index (χ0n) is 23.1. The van der Waals surface area contributed by atoms with E-state index in [1.165, 1.54) is 135 Å². The Hall–Kier alpha value is 0.790. The molecule has 0 N–H and O–H groups in total. The van der Waals surface area contributed by atoms with Crippen molar-refractivity contribution in [2.75, 3.05) is 19.8 Å². The Morgan fingerprint density at radius 3 is 1.06 bits per heavy atom. The molecule has 0 unspecified atom stereocenters. The van der Waals surface area contributed by atoms with Gasteiger partial charge in [0, 0.05) is 13.2 Å². The third-order valence-electron chi connectivity index (χ3n) is 5.53. The summed E-state index contributed by atoms with van der Waals surface area (Å²) >= 11 is 0. The van der Waals surface area contributed by atoms with Crippen molar-refractivity contribution in [3.8, 4) is 0 Å². The van der Waals surface area contributed by atoms with E-state index in [9.17, 15) is 13.0 Å². The molecule has 0 radical (unpaired) electrons. The topological polar surface area (TPSA) is 84.9 Å². The van der Waals surface area contributed by atoms with E-state index >= 15 is 0 Å². The van der Waals surface area contributed by atoms with E-state index in [-0.39, 0.29) is 36.2 Å². The van der Waals surface area contributed by atoms with E-state index in [0.717, 1.165) is 13.2 Å². The number of hydrogen-bond acceptors (Lipinski definition) is 6. The van der Waals surface area contributed by atoms with E-state index in [4.69, 9.17) is 4.74 Å². The minimum Gasteiger partial charge on any atom is -0.724 e. The fourth-order valence-electron chi connectivity index (χ4n) is 3.59. The average Bonchev–Trinajstić information content (AvgIpc) is 2.78. The van der Waals surface area contributed by atoms with E-state index in [2.05, 4.69) is 23.1 Å². The molecule has 0 heterocycles. The van der Waals surface area contributed by atoms with E-state index < -0.39 is 10.4 Å². The number of rotatable bonds is 25. The first-order chi connectivity index (χ1) is 16.0. The second-order valence-electron chi connectivity index (χ2n) is 8.86. The standard InChI is InChI=1S/C24H50O.C2H6O5S.Na/c1-3-5-7-9-11-13-15-17-19-21-23-25-24-22-20-18-16-14-12-10-8-6-4-2;1-2-6-7-8(3,4)5;/h3-24H2,1-2H3;2H2,1H3,(H,3,4,5);/q;;+1/p-1. The summed E-state index contributed by atoms with van der Waals surface area (Å²) in [5, 5.41) is 0. The van der Waals surface area contributed by atoms with Crippen molar-refractivity contribution in [2.24, 2.45) is 0 Å². The number of ether oxygens (including phenoxy) is 1. The molecular weight excluding hydrogens is 463 g/mol. The Morgan fingerprint density at radius 1 is 0.529 bits per heavy atom. The fraction of sp³-hybridized carbons (Fsp3) is 1.00. The first-order valence-corrected chi connectivity index (χ1v) is 15.2. The van der Waals surface area contributed by atoms with Crippen LogP contribution in [-0.2, 0) is 24.4 Å². The first kappa shape index (κ1) is 39.3. The molecule has 0 aliphatic carbocycles. The molecule has 6 nitrogen and oxygen atoms in total. The monoisotopic (exact) mass is 518 g/mol. The SMILES string of the molecule is CCCCCCCCCCCCOCCCCCCCCCCCC.CCOOS(=O)(=O)[O-].[Na+]. The van der Waals surface area contributed by atoms with Crippen molar-refractivity contribution < 1.29 is 56.5 Å². The quantitative estimate of drug-likeness (QED) is 0.0409. The van der Waals surface area contributed by atoms with Gasteiger partial charge in [-0.1, -0.05) is 129 Å². The molecule has 0 amide bonds. The summed E-state index contributed by atoms with van der Waals surface area (Å²) in [5.41, 5.74) is 0. The molecule has 0 fully saturated rings. The Labute approximate surface area is 234 Å². The summed E-state index contributed by atoms with van der Waals surface area (Å²) in [6.07, 6.45) is 28.2. The molecule has 202 valence electrons. The Morgan fingerprint density at radius 2 is 0.824 bits per heavy atom. The van der Waals surface area contributed by atoms with Crippen LogP contribution in [0.1, 0.15) is 149 Å². The van der Waals surface area contributed by atoms with Gasteiger partial charge in [-0.3, -0.25) is 0 Å². The van der Waals surface area contributed by atoms with Gasteiger partial charge < -0.3 is 9.29 Å². The summed E-state index contributed by atoms with van der Waals surface area (Å²) in [5.74, 6) is 0. The van der Waals surface area contributed by atoms with Crippen molar-refractivity contribution >= 4 is 10.4 Å². The van der Waals surface area contributed by atoms with Gasteiger partial charge in [0.15, 0.2) is 0 Å². The van der Waals surface area contributed by atoms with Crippen LogP contribution < -0.4 is 29.6 Å². The predicted molar refractivity (Wildman–Crippen MR) is 137 cm³/mol. The molecule has 0 aliphatic rings. The van der Waals surface area contributed by atoms with Crippen molar-refractivity contribution in [3.05, 3.63) is 0 Å². The average molecular weight is 519 g/mol. The summed E-state index contributed by atoms with van der Waals surface area (Å²) < 4.78 is 37.5. The van der Waals surface area contributed by atoms with Gasteiger partial charge in [0.2, 0.25) is 10.4 Å². The van der Waals surface area contributed by atoms with Crippen LogP contribution in [0.3, 0.4) is 0 Å². The second-order valence-corrected chi connectivity index (χ2v) is 9.81. The minimum absolute atomic E-state index is 0. The number of hydrogen-bond donors (Lipinski definition) is 0. The molecular formula is C26H55NaO6S. The van der Waals surface area contributed by atoms with Gasteiger partial charge in [0.1, 0.15) is 0 Å². The number of unbranched alkanes of at least 4 members (excludes halogenated alkanes) is 18. The van der Waals surface area contributed by atoms with Gasteiger partial charge in [-0.05, 0) is 19.8 Å². The molecule has 0 spiro atoms. The third-order valence-corrected chi connectivity index (χ3v) is 5.80. The fourth-order valence-corrected chi connectivity index (χ4v) is 3.81. The largest absolute Gasteiger partial charge is 1.00 e. The van der Waals surface area contributed by atoms with Crippen LogP contribution in [0.5, 0.6) is 0 Å². The molecule has 8 heteroatoms. The molecule has 0 aromatic heterocycles. The van der Waals surface area contributed by atoms with Gasteiger partial charge in [-0.15, -0.1) is 4.33 Å². The predicted octanol–water partition coefficient (Wildman–Crippen LogP) is 5.26. The maximum Gasteiger partial charge on any atom is 1.00 e. The van der Waals surface area contributed by atoms with Gasteiger partial charge >= 0.3 is 29.6 Å². The molecule has 0 saturated carbocycles. The molecule has 0 bridgehead atoms. The molecule has 0 saturated heterocycles. The minimum atomic E-state index is -4.66. The summed E-state index contributed by atoms with van der Waals surface area (Å²) in [7, 11) is -4.66. The van der Waals surface area contributed by atoms with Crippen molar-refractivity contribution in [3.63, 3.8) is 0 Å². The van der Waals surface area contributed by atoms with Crippen molar-refractivity contribution in [1.29, 1.82) is 0 Å². The van der Waals surface area contributed by atoms with Crippen LogP contribution >= 0.6 is 0 Å². The first-order valence-electron chi connectivity index (χ1n) is 13.8. The summed E-state index contributed by atoms with van der Waals surface area (Å²) in [6, 6.07) is 0. The van der Waals surface area contributed by atoms with Crippen LogP contribution in [0.4, 0.5) is 0 Å². The second kappa shape index (κ2) is 33.8. The molecule has 0 rings (SSSR count). The van der Waals surface area contributed by atoms with Crippen LogP contribution in [0.25, 0.3) is 0 Å². The van der Waals surface area contributed by atoms with Gasteiger partial charge in [0.25, 0.3) is 0 Å². The van der Waals surface area contributed by atoms with Crippen molar-refractivity contribution in [2.45, 2.75) is 149 Å². The molecule has 0 aromatic carbocycles. The van der Waals surface area contributed by atoms with Crippen LogP contribution in [0.2, 0.25) is 0 Å². The maximum atomic E-state index is 9.49. The van der Waals surface area contributed by atoms with E-state index in [0.29, 0.717) is 0 Å². The third kappa shape index (κ3) is 42.9. The van der Waals surface area contributed by atoms with Crippen LogP contribution in [-0.4, -0.2) is 32.8 Å². The maximum absolute atomic E-state index is 9.49. The molecule has 0 aromatic rings. The van der Waals surface area contributed by atoms with Crippen molar-refractivity contribution in [1.82, 2.24) is 0 Å². The molecule has 34 heavy (non-hydrogen) atoms. The summed E-state index contributed by atoms with van der Waals surface area (Å²) in [4.78, 5) is 3.80. The van der Waals surface area contributed by atoms with Gasteiger partial charge in [0.05, 0.1) is 6.61 Å². The summed E-state index contributed by atoms with van der Waals surface area (Å²) in [6.45, 7) is 8.09. The molecule has 0 atom stereocenters. The zero-order valence-corrected chi connectivity index (χ0v) is 25.9. The smallest absolute Gasteiger partial charge is 0.724 e. The van der Waals surface area contributed by atoms with Crippen LogP contribution in [0.15, 0.2) is 0 Å². The molecule has 0 aliphatic heterocycles. The Kier molecular flexibility index (Phi) is 39.1. The zero-order chi connectivity index (χ0) is 24.9. The van der Waals surface area contributed by atoms with Gasteiger partial charge in [-0.2, -0.15) is 0 Å². The van der Waals surface area contributed by atoms with E-state index in [1.54, 1.807) is 0 Å². The van der Waals surface area contributed by atoms with Crippen LogP contribution in [0, 0.1) is 0 Å². The van der Waals surface area contributed by atoms with E-state index in [1.807, 2.05) is 0 Å².